The Bertz CT molecular complexity index is 433. The molecule has 1 aromatic heterocycles. The molecule has 1 aromatic rings. The summed E-state index contributed by atoms with van der Waals surface area (Å²) in [6.45, 7) is 3.98. The number of nitrogens with zero attached hydrogens (tertiary/aromatic N) is 2. The van der Waals surface area contributed by atoms with Gasteiger partial charge in [0.15, 0.2) is 0 Å². The standard InChI is InChI=1S/C11H16N4OS/c1-7(2)15(6-9(12)16)11-8(10(13)17)4-3-5-14-11/h3-5,7H,6H2,1-2H3,(H2,12,16)(H2,13,17). The predicted molar refractivity (Wildman–Crippen MR) is 71.8 cm³/mol. The number of aromatic nitrogens is 1. The molecule has 1 rings (SSSR count). The molecule has 0 aliphatic heterocycles. The average Bonchev–Trinajstić information content (AvgIpc) is 2.25. The maximum atomic E-state index is 11.1. The highest BCUT2D eigenvalue weighted by molar-refractivity contribution is 7.80. The van der Waals surface area contributed by atoms with E-state index in [-0.39, 0.29) is 17.6 Å². The summed E-state index contributed by atoms with van der Waals surface area (Å²) < 4.78 is 0. The van der Waals surface area contributed by atoms with E-state index in [1.54, 1.807) is 23.2 Å². The van der Waals surface area contributed by atoms with Gasteiger partial charge in [-0.05, 0) is 26.0 Å². The monoisotopic (exact) mass is 252 g/mol. The zero-order chi connectivity index (χ0) is 13.0. The van der Waals surface area contributed by atoms with Crippen LogP contribution >= 0.6 is 12.2 Å². The van der Waals surface area contributed by atoms with E-state index in [1.165, 1.54) is 0 Å². The fraction of sp³-hybridized carbons (Fsp3) is 0.364. The van der Waals surface area contributed by atoms with Crippen molar-refractivity contribution in [1.29, 1.82) is 0 Å². The lowest BCUT2D eigenvalue weighted by molar-refractivity contribution is -0.116. The normalized spacial score (nSPS) is 10.3. The van der Waals surface area contributed by atoms with Gasteiger partial charge >= 0.3 is 0 Å². The third-order valence-corrected chi connectivity index (χ3v) is 2.49. The van der Waals surface area contributed by atoms with Gasteiger partial charge in [-0.2, -0.15) is 0 Å². The molecule has 0 aliphatic carbocycles. The van der Waals surface area contributed by atoms with Gasteiger partial charge < -0.3 is 16.4 Å². The van der Waals surface area contributed by atoms with E-state index in [0.717, 1.165) is 0 Å². The smallest absolute Gasteiger partial charge is 0.237 e. The van der Waals surface area contributed by atoms with Gasteiger partial charge in [0.2, 0.25) is 5.91 Å². The molecule has 0 aromatic carbocycles. The first-order chi connectivity index (χ1) is 7.93. The van der Waals surface area contributed by atoms with Crippen LogP contribution in [0.4, 0.5) is 5.82 Å². The first-order valence-corrected chi connectivity index (χ1v) is 5.64. The molecule has 0 atom stereocenters. The van der Waals surface area contributed by atoms with Crippen LogP contribution < -0.4 is 16.4 Å². The first-order valence-electron chi connectivity index (χ1n) is 5.23. The number of rotatable bonds is 5. The second kappa shape index (κ2) is 5.58. The van der Waals surface area contributed by atoms with Crippen molar-refractivity contribution < 1.29 is 4.79 Å². The number of carbonyl (C=O) groups excluding carboxylic acids is 1. The molecule has 5 nitrogen and oxygen atoms in total. The summed E-state index contributed by atoms with van der Waals surface area (Å²) in [7, 11) is 0. The molecule has 0 saturated heterocycles. The van der Waals surface area contributed by atoms with Gasteiger partial charge in [0.05, 0.1) is 12.1 Å². The van der Waals surface area contributed by atoms with Crippen LogP contribution in [0, 0.1) is 0 Å². The van der Waals surface area contributed by atoms with Crippen LogP contribution in [0.2, 0.25) is 0 Å². The third-order valence-electron chi connectivity index (χ3n) is 2.27. The molecule has 1 amide bonds. The summed E-state index contributed by atoms with van der Waals surface area (Å²) in [5.74, 6) is 0.173. The molecule has 17 heavy (non-hydrogen) atoms. The molecule has 0 radical (unpaired) electrons. The Morgan fingerprint density at radius 3 is 2.65 bits per heavy atom. The van der Waals surface area contributed by atoms with Crippen molar-refractivity contribution in [3.8, 4) is 0 Å². The number of hydrogen-bond acceptors (Lipinski definition) is 4. The third kappa shape index (κ3) is 3.39. The Hall–Kier alpha value is -1.69. The lowest BCUT2D eigenvalue weighted by Gasteiger charge is -2.28. The van der Waals surface area contributed by atoms with Gasteiger partial charge in [0.25, 0.3) is 0 Å². The highest BCUT2D eigenvalue weighted by Gasteiger charge is 2.18. The molecule has 0 aliphatic rings. The van der Waals surface area contributed by atoms with E-state index in [2.05, 4.69) is 4.98 Å². The van der Waals surface area contributed by atoms with Crippen molar-refractivity contribution in [2.75, 3.05) is 11.4 Å². The number of pyridine rings is 1. The van der Waals surface area contributed by atoms with Crippen LogP contribution in [0.15, 0.2) is 18.3 Å². The Morgan fingerprint density at radius 2 is 2.18 bits per heavy atom. The second-order valence-corrected chi connectivity index (χ2v) is 4.37. The summed E-state index contributed by atoms with van der Waals surface area (Å²) in [6.07, 6.45) is 1.63. The van der Waals surface area contributed by atoms with Crippen molar-refractivity contribution in [2.24, 2.45) is 11.5 Å². The van der Waals surface area contributed by atoms with E-state index in [0.29, 0.717) is 11.4 Å². The fourth-order valence-electron chi connectivity index (χ4n) is 1.49. The number of nitrogens with two attached hydrogens (primary N) is 2. The number of amides is 1. The van der Waals surface area contributed by atoms with Gasteiger partial charge in [-0.25, -0.2) is 4.98 Å². The van der Waals surface area contributed by atoms with Gasteiger partial charge in [0.1, 0.15) is 10.8 Å². The van der Waals surface area contributed by atoms with Gasteiger partial charge in [-0.1, -0.05) is 12.2 Å². The molecular formula is C11H16N4OS. The highest BCUT2D eigenvalue weighted by atomic mass is 32.1. The van der Waals surface area contributed by atoms with Crippen molar-refractivity contribution in [2.45, 2.75) is 19.9 Å². The summed E-state index contributed by atoms with van der Waals surface area (Å²) in [5.41, 5.74) is 11.5. The zero-order valence-electron chi connectivity index (χ0n) is 9.88. The SMILES string of the molecule is CC(C)N(CC(N)=O)c1ncccc1C(N)=S. The Labute approximate surface area is 106 Å². The van der Waals surface area contributed by atoms with Crippen LogP contribution in [-0.2, 0) is 4.79 Å². The molecule has 92 valence electrons. The van der Waals surface area contributed by atoms with E-state index in [9.17, 15) is 4.79 Å². The van der Waals surface area contributed by atoms with E-state index in [1.807, 2.05) is 13.8 Å². The van der Waals surface area contributed by atoms with Crippen LogP contribution in [0.25, 0.3) is 0 Å². The van der Waals surface area contributed by atoms with Crippen molar-refractivity contribution >= 4 is 28.9 Å². The zero-order valence-corrected chi connectivity index (χ0v) is 10.7. The van der Waals surface area contributed by atoms with Crippen molar-refractivity contribution in [3.63, 3.8) is 0 Å². The van der Waals surface area contributed by atoms with E-state index in [4.69, 9.17) is 23.7 Å². The molecule has 0 fully saturated rings. The second-order valence-electron chi connectivity index (χ2n) is 3.93. The largest absolute Gasteiger partial charge is 0.389 e. The van der Waals surface area contributed by atoms with Gasteiger partial charge in [-0.3, -0.25) is 4.79 Å². The fourth-order valence-corrected chi connectivity index (χ4v) is 1.65. The number of hydrogen-bond donors (Lipinski definition) is 2. The molecule has 6 heteroatoms. The first kappa shape index (κ1) is 13.4. The maximum absolute atomic E-state index is 11.1. The lowest BCUT2D eigenvalue weighted by Crippen LogP contribution is -2.40. The summed E-state index contributed by atoms with van der Waals surface area (Å²) >= 11 is 4.96. The van der Waals surface area contributed by atoms with Crippen molar-refractivity contribution in [1.82, 2.24) is 4.98 Å². The molecule has 4 N–H and O–H groups in total. The Balaban J connectivity index is 3.18. The Morgan fingerprint density at radius 1 is 1.53 bits per heavy atom. The molecule has 0 bridgehead atoms. The van der Waals surface area contributed by atoms with Crippen LogP contribution in [-0.4, -0.2) is 28.5 Å². The van der Waals surface area contributed by atoms with E-state index >= 15 is 0 Å². The van der Waals surface area contributed by atoms with Crippen LogP contribution in [0.3, 0.4) is 0 Å². The summed E-state index contributed by atoms with van der Waals surface area (Å²) in [5, 5.41) is 0. The minimum absolute atomic E-state index is 0.0745. The lowest BCUT2D eigenvalue weighted by atomic mass is 10.2. The van der Waals surface area contributed by atoms with Gasteiger partial charge in [0, 0.05) is 12.2 Å². The minimum Gasteiger partial charge on any atom is -0.389 e. The Kier molecular flexibility index (Phi) is 4.39. The number of primary amides is 1. The van der Waals surface area contributed by atoms with Crippen LogP contribution in [0.1, 0.15) is 19.4 Å². The molecule has 0 spiro atoms. The van der Waals surface area contributed by atoms with E-state index < -0.39 is 5.91 Å². The topological polar surface area (TPSA) is 85.2 Å². The number of carbonyl (C=O) groups is 1. The number of thiocarbonyl (C=S) groups is 1. The molecule has 0 unspecified atom stereocenters. The minimum atomic E-state index is -0.418. The summed E-state index contributed by atoms with van der Waals surface area (Å²) in [6, 6.07) is 3.60. The molecular weight excluding hydrogens is 236 g/mol. The van der Waals surface area contributed by atoms with Crippen LogP contribution in [0.5, 0.6) is 0 Å². The van der Waals surface area contributed by atoms with Crippen molar-refractivity contribution in [3.05, 3.63) is 23.9 Å². The summed E-state index contributed by atoms with van der Waals surface area (Å²) in [4.78, 5) is 17.3. The highest BCUT2D eigenvalue weighted by Crippen LogP contribution is 2.19. The quantitative estimate of drug-likeness (QED) is 0.742. The van der Waals surface area contributed by atoms with Gasteiger partial charge in [-0.15, -0.1) is 0 Å². The number of anilines is 1. The average molecular weight is 252 g/mol. The molecule has 1 heterocycles. The maximum Gasteiger partial charge on any atom is 0.237 e. The molecule has 0 saturated carbocycles. The predicted octanol–water partition coefficient (Wildman–Crippen LogP) is 0.416.